The molecule has 0 bridgehead atoms. The van der Waals surface area contributed by atoms with E-state index in [4.69, 9.17) is 9.47 Å². The van der Waals surface area contributed by atoms with E-state index in [-0.39, 0.29) is 29.0 Å². The van der Waals surface area contributed by atoms with Crippen LogP contribution in [0.5, 0.6) is 11.5 Å². The second kappa shape index (κ2) is 10.2. The van der Waals surface area contributed by atoms with Crippen molar-refractivity contribution in [3.05, 3.63) is 88.5 Å². The van der Waals surface area contributed by atoms with Crippen LogP contribution in [-0.4, -0.2) is 26.2 Å². The molecular formula is C24H17F6NO5. The van der Waals surface area contributed by atoms with Crippen LogP contribution in [-0.2, 0) is 25.2 Å². The lowest BCUT2D eigenvalue weighted by Gasteiger charge is -2.25. The first kappa shape index (κ1) is 26.4. The quantitative estimate of drug-likeness (QED) is 0.377. The zero-order chi connectivity index (χ0) is 26.8. The molecule has 0 fully saturated rings. The molecule has 1 aliphatic heterocycles. The van der Waals surface area contributed by atoms with Crippen LogP contribution >= 0.6 is 0 Å². The molecule has 6 nitrogen and oxygen atoms in total. The summed E-state index contributed by atoms with van der Waals surface area (Å²) in [6.45, 7) is 1.29. The van der Waals surface area contributed by atoms with E-state index in [1.54, 1.807) is 0 Å². The topological polar surface area (TPSA) is 65.1 Å². The Kier molecular flexibility index (Phi) is 7.46. The first-order valence-electron chi connectivity index (χ1n) is 9.98. The third kappa shape index (κ3) is 5.21. The van der Waals surface area contributed by atoms with E-state index in [9.17, 15) is 35.9 Å². The number of alkyl halides is 3. The van der Waals surface area contributed by atoms with Crippen molar-refractivity contribution in [3.8, 4) is 11.5 Å². The molecule has 0 atom stereocenters. The van der Waals surface area contributed by atoms with E-state index >= 15 is 0 Å². The number of carbonyl (C=O) groups excluding carboxylic acids is 2. The van der Waals surface area contributed by atoms with Crippen molar-refractivity contribution >= 4 is 17.6 Å². The molecule has 0 amide bonds. The number of rotatable bonds is 5. The number of carbonyl (C=O) groups is 2. The SMILES string of the molecule is COC(=O)C1=C(C(=O)OC)N(c2cc(F)c(C)cc2Oc2c(F)cc(C(F)(F)F)cc2F)C=CC=C1. The summed E-state index contributed by atoms with van der Waals surface area (Å²) in [6, 6.07) is 1.94. The molecule has 36 heavy (non-hydrogen) atoms. The molecule has 12 heteroatoms. The summed E-state index contributed by atoms with van der Waals surface area (Å²) in [5.74, 6) is -7.88. The van der Waals surface area contributed by atoms with Gasteiger partial charge in [-0.15, -0.1) is 0 Å². The molecule has 3 rings (SSSR count). The lowest BCUT2D eigenvalue weighted by Crippen LogP contribution is -2.27. The normalized spacial score (nSPS) is 13.5. The standard InChI is InChI=1S/C24H17F6NO5/c1-12-8-19(36-21-16(26)9-13(10-17(21)27)24(28,29)30)18(11-15(12)25)31-7-5-4-6-14(22(32)34-2)20(31)23(33)35-3/h4-11H,1-3H3. The van der Waals surface area contributed by atoms with Gasteiger partial charge in [0.15, 0.2) is 23.1 Å². The molecule has 0 saturated carbocycles. The summed E-state index contributed by atoms with van der Waals surface area (Å²) in [5, 5.41) is 0. The lowest BCUT2D eigenvalue weighted by atomic mass is 10.1. The highest BCUT2D eigenvalue weighted by Crippen LogP contribution is 2.41. The molecule has 2 aromatic rings. The molecule has 0 spiro atoms. The van der Waals surface area contributed by atoms with Gasteiger partial charge in [-0.2, -0.15) is 13.2 Å². The second-order valence-corrected chi connectivity index (χ2v) is 7.25. The van der Waals surface area contributed by atoms with Crippen molar-refractivity contribution in [3.63, 3.8) is 0 Å². The van der Waals surface area contributed by atoms with Gasteiger partial charge in [-0.25, -0.2) is 22.8 Å². The third-order valence-corrected chi connectivity index (χ3v) is 4.93. The van der Waals surface area contributed by atoms with Crippen LogP contribution in [0.15, 0.2) is 60.0 Å². The smallest absolute Gasteiger partial charge is 0.416 e. The number of esters is 2. The van der Waals surface area contributed by atoms with Crippen molar-refractivity contribution in [1.82, 2.24) is 0 Å². The summed E-state index contributed by atoms with van der Waals surface area (Å²) in [7, 11) is 2.07. The summed E-state index contributed by atoms with van der Waals surface area (Å²) in [5.41, 5.74) is -2.75. The molecule has 0 N–H and O–H groups in total. The van der Waals surface area contributed by atoms with Gasteiger partial charge in [0.25, 0.3) is 0 Å². The largest absolute Gasteiger partial charge is 0.465 e. The number of nitrogens with zero attached hydrogens (tertiary/aromatic N) is 1. The van der Waals surface area contributed by atoms with Crippen LogP contribution in [0.1, 0.15) is 11.1 Å². The molecule has 2 aromatic carbocycles. The number of methoxy groups -OCH3 is 2. The van der Waals surface area contributed by atoms with Gasteiger partial charge in [-0.1, -0.05) is 6.08 Å². The molecule has 1 heterocycles. The van der Waals surface area contributed by atoms with E-state index in [0.717, 1.165) is 31.3 Å². The summed E-state index contributed by atoms with van der Waals surface area (Å²) in [6.07, 6.45) is 0.103. The van der Waals surface area contributed by atoms with E-state index in [1.165, 1.54) is 31.4 Å². The Balaban J connectivity index is 2.24. The number of hydrogen-bond donors (Lipinski definition) is 0. The zero-order valence-corrected chi connectivity index (χ0v) is 18.9. The fourth-order valence-corrected chi connectivity index (χ4v) is 3.20. The van der Waals surface area contributed by atoms with Gasteiger partial charge >= 0.3 is 18.1 Å². The van der Waals surface area contributed by atoms with E-state index in [0.29, 0.717) is 0 Å². The molecule has 0 saturated heterocycles. The number of anilines is 1. The summed E-state index contributed by atoms with van der Waals surface area (Å²) >= 11 is 0. The van der Waals surface area contributed by atoms with Crippen LogP contribution < -0.4 is 9.64 Å². The number of halogens is 6. The van der Waals surface area contributed by atoms with Crippen LogP contribution in [0.2, 0.25) is 0 Å². The molecule has 1 aliphatic rings. The van der Waals surface area contributed by atoms with Gasteiger partial charge in [-0.05, 0) is 42.8 Å². The average Bonchev–Trinajstić information content (AvgIpc) is 3.04. The lowest BCUT2D eigenvalue weighted by molar-refractivity contribution is -0.139. The van der Waals surface area contributed by atoms with Gasteiger partial charge in [-0.3, -0.25) is 0 Å². The Hall–Kier alpha value is -4.22. The molecule has 0 unspecified atom stereocenters. The predicted octanol–water partition coefficient (Wildman–Crippen LogP) is 5.71. The van der Waals surface area contributed by atoms with Gasteiger partial charge in [0.05, 0.1) is 31.0 Å². The Morgan fingerprint density at radius 2 is 1.47 bits per heavy atom. The van der Waals surface area contributed by atoms with Gasteiger partial charge in [0.2, 0.25) is 0 Å². The van der Waals surface area contributed by atoms with Crippen molar-refractivity contribution in [2.24, 2.45) is 0 Å². The van der Waals surface area contributed by atoms with Crippen LogP contribution in [0.25, 0.3) is 0 Å². The summed E-state index contributed by atoms with van der Waals surface area (Å²) in [4.78, 5) is 25.9. The van der Waals surface area contributed by atoms with E-state index < -0.39 is 58.3 Å². The van der Waals surface area contributed by atoms with Crippen LogP contribution in [0.3, 0.4) is 0 Å². The molecule has 0 aliphatic carbocycles. The minimum Gasteiger partial charge on any atom is -0.465 e. The van der Waals surface area contributed by atoms with Gasteiger partial charge in [0, 0.05) is 12.3 Å². The number of aryl methyl sites for hydroxylation is 1. The third-order valence-electron chi connectivity index (χ3n) is 4.93. The van der Waals surface area contributed by atoms with Crippen molar-refractivity contribution in [2.45, 2.75) is 13.1 Å². The van der Waals surface area contributed by atoms with Gasteiger partial charge in [0.1, 0.15) is 11.5 Å². The number of hydrogen-bond acceptors (Lipinski definition) is 6. The van der Waals surface area contributed by atoms with Crippen molar-refractivity contribution in [2.75, 3.05) is 19.1 Å². The molecule has 0 radical (unpaired) electrons. The fraction of sp³-hybridized carbons (Fsp3) is 0.167. The Morgan fingerprint density at radius 1 is 0.861 bits per heavy atom. The molecule has 0 aromatic heterocycles. The maximum Gasteiger partial charge on any atom is 0.416 e. The van der Waals surface area contributed by atoms with E-state index in [2.05, 4.69) is 4.74 Å². The highest BCUT2D eigenvalue weighted by molar-refractivity contribution is 6.05. The van der Waals surface area contributed by atoms with Gasteiger partial charge < -0.3 is 19.1 Å². The Bertz CT molecular complexity index is 1290. The van der Waals surface area contributed by atoms with Crippen molar-refractivity contribution in [1.29, 1.82) is 0 Å². The Labute approximate surface area is 200 Å². The average molecular weight is 513 g/mol. The highest BCUT2D eigenvalue weighted by Gasteiger charge is 2.34. The maximum atomic E-state index is 14.6. The zero-order valence-electron chi connectivity index (χ0n) is 18.9. The minimum atomic E-state index is -5.02. The number of ether oxygens (including phenoxy) is 3. The maximum absolute atomic E-state index is 14.6. The van der Waals surface area contributed by atoms with E-state index in [1.807, 2.05) is 0 Å². The fourth-order valence-electron chi connectivity index (χ4n) is 3.20. The first-order chi connectivity index (χ1) is 16.9. The van der Waals surface area contributed by atoms with Crippen LogP contribution in [0.4, 0.5) is 32.0 Å². The predicted molar refractivity (Wildman–Crippen MR) is 114 cm³/mol. The highest BCUT2D eigenvalue weighted by atomic mass is 19.4. The molecular weight excluding hydrogens is 496 g/mol. The summed E-state index contributed by atoms with van der Waals surface area (Å²) < 4.78 is 97.0. The van der Waals surface area contributed by atoms with Crippen LogP contribution in [0, 0.1) is 24.4 Å². The Morgan fingerprint density at radius 3 is 2.03 bits per heavy atom. The van der Waals surface area contributed by atoms with Crippen molar-refractivity contribution < 1.29 is 50.1 Å². The second-order valence-electron chi connectivity index (χ2n) is 7.25. The number of benzene rings is 2. The first-order valence-corrected chi connectivity index (χ1v) is 9.98. The number of allylic oxidation sites excluding steroid dienone is 2. The molecule has 190 valence electrons. The monoisotopic (exact) mass is 513 g/mol. The minimum absolute atomic E-state index is 0.0410.